The standard InChI is InChI=1S/C16H24N4O2/c1-16-8-9-19(4)14(16)20(5)13-7-6-11(10-12(13)16)22-15(21)17-18(2)3/h6-7,10,14H,8-9H2,1-5H3,(H,17,21)/t14-,16-/m0/s1. The van der Waals surface area contributed by atoms with Crippen molar-refractivity contribution in [2.24, 2.45) is 0 Å². The zero-order chi connectivity index (χ0) is 16.1. The lowest BCUT2D eigenvalue weighted by Crippen LogP contribution is -2.45. The second kappa shape index (κ2) is 5.14. The van der Waals surface area contributed by atoms with E-state index in [2.05, 4.69) is 36.2 Å². The summed E-state index contributed by atoms with van der Waals surface area (Å²) >= 11 is 0. The van der Waals surface area contributed by atoms with Gasteiger partial charge in [0.05, 0.1) is 6.17 Å². The third-order valence-electron chi connectivity index (χ3n) is 4.83. The maximum Gasteiger partial charge on any atom is 0.427 e. The fraction of sp³-hybridized carbons (Fsp3) is 0.562. The van der Waals surface area contributed by atoms with Gasteiger partial charge in [0.25, 0.3) is 0 Å². The smallest absolute Gasteiger partial charge is 0.409 e. The third-order valence-corrected chi connectivity index (χ3v) is 4.83. The molecule has 1 saturated heterocycles. The molecule has 2 aliphatic heterocycles. The highest BCUT2D eigenvalue weighted by Gasteiger charge is 2.52. The molecular formula is C16H24N4O2. The lowest BCUT2D eigenvalue weighted by molar-refractivity contribution is 0.171. The Hall–Kier alpha value is -1.79. The molecule has 6 nitrogen and oxygen atoms in total. The predicted octanol–water partition coefficient (Wildman–Crippen LogP) is 1.62. The third kappa shape index (κ3) is 2.23. The summed E-state index contributed by atoms with van der Waals surface area (Å²) in [6, 6.07) is 5.92. The zero-order valence-electron chi connectivity index (χ0n) is 13.9. The van der Waals surface area contributed by atoms with Crippen LogP contribution in [0.2, 0.25) is 0 Å². The molecule has 1 fully saturated rings. The first-order chi connectivity index (χ1) is 10.3. The van der Waals surface area contributed by atoms with Crippen molar-refractivity contribution in [2.45, 2.75) is 24.9 Å². The number of fused-ring (bicyclic) bond motifs is 3. The van der Waals surface area contributed by atoms with Gasteiger partial charge in [-0.2, -0.15) is 0 Å². The molecule has 120 valence electrons. The van der Waals surface area contributed by atoms with Crippen LogP contribution in [0.25, 0.3) is 0 Å². The maximum absolute atomic E-state index is 11.8. The van der Waals surface area contributed by atoms with E-state index < -0.39 is 6.09 Å². The Kier molecular flexibility index (Phi) is 3.53. The van der Waals surface area contributed by atoms with Gasteiger partial charge in [0.2, 0.25) is 0 Å². The number of hydrazine groups is 1. The lowest BCUT2D eigenvalue weighted by atomic mass is 9.81. The Morgan fingerprint density at radius 3 is 2.82 bits per heavy atom. The van der Waals surface area contributed by atoms with Gasteiger partial charge in [-0.25, -0.2) is 9.80 Å². The van der Waals surface area contributed by atoms with Crippen molar-refractivity contribution in [3.05, 3.63) is 23.8 Å². The highest BCUT2D eigenvalue weighted by Crippen LogP contribution is 2.51. The van der Waals surface area contributed by atoms with E-state index >= 15 is 0 Å². The second-order valence-corrected chi connectivity index (χ2v) is 6.71. The van der Waals surface area contributed by atoms with Gasteiger partial charge in [0.1, 0.15) is 5.75 Å². The Morgan fingerprint density at radius 2 is 2.14 bits per heavy atom. The van der Waals surface area contributed by atoms with E-state index in [1.165, 1.54) is 11.3 Å². The van der Waals surface area contributed by atoms with Gasteiger partial charge >= 0.3 is 6.09 Å². The van der Waals surface area contributed by atoms with Crippen LogP contribution < -0.4 is 15.1 Å². The number of nitrogens with one attached hydrogen (secondary N) is 1. The topological polar surface area (TPSA) is 48.1 Å². The summed E-state index contributed by atoms with van der Waals surface area (Å²) in [6.45, 7) is 3.38. The average Bonchev–Trinajstić information content (AvgIpc) is 2.84. The molecule has 1 aromatic carbocycles. The number of ether oxygens (including phenoxy) is 1. The van der Waals surface area contributed by atoms with Crippen molar-refractivity contribution in [1.82, 2.24) is 15.3 Å². The Bertz CT molecular complexity index is 604. The number of carbonyl (C=O) groups excluding carboxylic acids is 1. The molecule has 2 heterocycles. The molecule has 1 N–H and O–H groups in total. The predicted molar refractivity (Wildman–Crippen MR) is 86.1 cm³/mol. The van der Waals surface area contributed by atoms with Crippen molar-refractivity contribution in [3.63, 3.8) is 0 Å². The number of benzene rings is 1. The van der Waals surface area contributed by atoms with Gasteiger partial charge in [-0.15, -0.1) is 0 Å². The van der Waals surface area contributed by atoms with E-state index in [0.717, 1.165) is 13.0 Å². The van der Waals surface area contributed by atoms with Crippen LogP contribution in [0.3, 0.4) is 0 Å². The van der Waals surface area contributed by atoms with Crippen LogP contribution in [0.4, 0.5) is 10.5 Å². The lowest BCUT2D eigenvalue weighted by Gasteiger charge is -2.32. The number of hydrogen-bond donors (Lipinski definition) is 1. The van der Waals surface area contributed by atoms with Crippen molar-refractivity contribution >= 4 is 11.8 Å². The molecular weight excluding hydrogens is 280 g/mol. The van der Waals surface area contributed by atoms with Crippen molar-refractivity contribution in [1.29, 1.82) is 0 Å². The summed E-state index contributed by atoms with van der Waals surface area (Å²) in [4.78, 5) is 16.5. The molecule has 6 heteroatoms. The molecule has 2 aliphatic rings. The fourth-order valence-electron chi connectivity index (χ4n) is 3.93. The van der Waals surface area contributed by atoms with Gasteiger partial charge in [-0.3, -0.25) is 10.3 Å². The number of carbonyl (C=O) groups is 1. The molecule has 2 atom stereocenters. The Labute approximate surface area is 131 Å². The van der Waals surface area contributed by atoms with Crippen LogP contribution in [0.5, 0.6) is 5.75 Å². The zero-order valence-corrected chi connectivity index (χ0v) is 13.9. The number of anilines is 1. The first-order valence-electron chi connectivity index (χ1n) is 7.56. The van der Waals surface area contributed by atoms with E-state index in [1.54, 1.807) is 19.1 Å². The molecule has 0 radical (unpaired) electrons. The number of nitrogens with zero attached hydrogens (tertiary/aromatic N) is 3. The SMILES string of the molecule is CN(C)NC(=O)Oc1ccc2c(c1)[C@]1(C)CCN(C)[C@H]1N2C. The van der Waals surface area contributed by atoms with E-state index in [9.17, 15) is 4.79 Å². The quantitative estimate of drug-likeness (QED) is 0.842. The van der Waals surface area contributed by atoms with Crippen LogP contribution in [0, 0.1) is 0 Å². The number of rotatable bonds is 2. The first kappa shape index (κ1) is 15.1. The monoisotopic (exact) mass is 304 g/mol. The molecule has 0 aliphatic carbocycles. The number of amides is 1. The summed E-state index contributed by atoms with van der Waals surface area (Å²) in [5.41, 5.74) is 5.15. The molecule has 3 rings (SSSR count). The number of likely N-dealkylation sites (N-methyl/N-ethyl adjacent to an activating group) is 2. The number of likely N-dealkylation sites (tertiary alicyclic amines) is 1. The molecule has 0 unspecified atom stereocenters. The molecule has 0 aromatic heterocycles. The highest BCUT2D eigenvalue weighted by molar-refractivity contribution is 5.72. The van der Waals surface area contributed by atoms with Crippen LogP contribution >= 0.6 is 0 Å². The maximum atomic E-state index is 11.8. The van der Waals surface area contributed by atoms with Crippen LogP contribution in [-0.4, -0.2) is 56.9 Å². The van der Waals surface area contributed by atoms with Crippen LogP contribution in [-0.2, 0) is 5.41 Å². The second-order valence-electron chi connectivity index (χ2n) is 6.71. The van der Waals surface area contributed by atoms with Crippen molar-refractivity contribution in [3.8, 4) is 5.75 Å². The summed E-state index contributed by atoms with van der Waals surface area (Å²) < 4.78 is 5.38. The van der Waals surface area contributed by atoms with E-state index in [4.69, 9.17) is 4.74 Å². The minimum absolute atomic E-state index is 0.0796. The highest BCUT2D eigenvalue weighted by atomic mass is 16.6. The molecule has 1 aromatic rings. The summed E-state index contributed by atoms with van der Waals surface area (Å²) in [6.07, 6.45) is 1.01. The molecule has 1 amide bonds. The van der Waals surface area contributed by atoms with Gasteiger partial charge in [-0.05, 0) is 37.2 Å². The summed E-state index contributed by atoms with van der Waals surface area (Å²) in [5.74, 6) is 0.586. The minimum atomic E-state index is -0.471. The van der Waals surface area contributed by atoms with Crippen molar-refractivity contribution < 1.29 is 9.53 Å². The Morgan fingerprint density at radius 1 is 1.41 bits per heavy atom. The van der Waals surface area contributed by atoms with Gasteiger partial charge in [0, 0.05) is 38.8 Å². The largest absolute Gasteiger partial charge is 0.427 e. The summed E-state index contributed by atoms with van der Waals surface area (Å²) in [7, 11) is 7.80. The summed E-state index contributed by atoms with van der Waals surface area (Å²) in [5, 5.41) is 1.56. The molecule has 0 bridgehead atoms. The number of hydrogen-bond acceptors (Lipinski definition) is 5. The van der Waals surface area contributed by atoms with Gasteiger partial charge in [-0.1, -0.05) is 6.92 Å². The van der Waals surface area contributed by atoms with E-state index in [0.29, 0.717) is 11.9 Å². The normalized spacial score (nSPS) is 27.0. The molecule has 0 saturated carbocycles. The molecule has 0 spiro atoms. The van der Waals surface area contributed by atoms with Crippen LogP contribution in [0.1, 0.15) is 18.9 Å². The Balaban J connectivity index is 1.89. The minimum Gasteiger partial charge on any atom is -0.409 e. The van der Waals surface area contributed by atoms with E-state index in [1.807, 2.05) is 18.2 Å². The fourth-order valence-corrected chi connectivity index (χ4v) is 3.93. The van der Waals surface area contributed by atoms with E-state index in [-0.39, 0.29) is 5.41 Å². The first-order valence-corrected chi connectivity index (χ1v) is 7.56. The average molecular weight is 304 g/mol. The van der Waals surface area contributed by atoms with Gasteiger partial charge in [0.15, 0.2) is 0 Å². The van der Waals surface area contributed by atoms with Gasteiger partial charge < -0.3 is 9.64 Å². The molecule has 22 heavy (non-hydrogen) atoms. The van der Waals surface area contributed by atoms with Crippen molar-refractivity contribution in [2.75, 3.05) is 39.6 Å². The van der Waals surface area contributed by atoms with Crippen LogP contribution in [0.15, 0.2) is 18.2 Å².